The topological polar surface area (TPSA) is 86.6 Å². The number of aliphatic hydroxyl groups excluding tert-OH is 1. The summed E-state index contributed by atoms with van der Waals surface area (Å²) in [5.74, 6) is -1.19. The molecule has 2 aliphatic rings. The first-order chi connectivity index (χ1) is 8.58. The molecule has 0 heterocycles. The highest BCUT2D eigenvalue weighted by molar-refractivity contribution is 5.80. The molecular weight excluding hydrogens is 234 g/mol. The Bertz CT molecular complexity index is 331. The van der Waals surface area contributed by atoms with Gasteiger partial charge in [-0.15, -0.1) is 0 Å². The number of rotatable bonds is 4. The van der Waals surface area contributed by atoms with Gasteiger partial charge in [-0.1, -0.05) is 6.42 Å². The average molecular weight is 255 g/mol. The molecule has 0 radical (unpaired) electrons. The van der Waals surface area contributed by atoms with Crippen LogP contribution in [0.5, 0.6) is 0 Å². The number of nitrogens with one attached hydrogen (secondary N) is 1. The molecule has 5 heteroatoms. The maximum absolute atomic E-state index is 11.9. The summed E-state index contributed by atoms with van der Waals surface area (Å²) >= 11 is 0. The summed E-state index contributed by atoms with van der Waals surface area (Å²) in [5, 5.41) is 21.4. The van der Waals surface area contributed by atoms with E-state index < -0.39 is 5.97 Å². The first-order valence-corrected chi connectivity index (χ1v) is 6.76. The fourth-order valence-electron chi connectivity index (χ4n) is 3.08. The van der Waals surface area contributed by atoms with Crippen molar-refractivity contribution in [2.75, 3.05) is 6.54 Å². The summed E-state index contributed by atoms with van der Waals surface area (Å²) in [6.07, 6.45) is 4.23. The van der Waals surface area contributed by atoms with E-state index in [2.05, 4.69) is 5.32 Å². The molecule has 2 aliphatic carbocycles. The van der Waals surface area contributed by atoms with Gasteiger partial charge in [-0.3, -0.25) is 9.59 Å². The number of hydrogen-bond donors (Lipinski definition) is 3. The van der Waals surface area contributed by atoms with Crippen LogP contribution in [0.3, 0.4) is 0 Å². The molecule has 3 N–H and O–H groups in total. The maximum Gasteiger partial charge on any atom is 0.306 e. The summed E-state index contributed by atoms with van der Waals surface area (Å²) < 4.78 is 0. The van der Waals surface area contributed by atoms with Gasteiger partial charge in [-0.25, -0.2) is 0 Å². The van der Waals surface area contributed by atoms with Crippen LogP contribution in [0, 0.1) is 17.8 Å². The van der Waals surface area contributed by atoms with E-state index in [9.17, 15) is 14.7 Å². The lowest BCUT2D eigenvalue weighted by molar-refractivity contribution is -0.141. The fraction of sp³-hybridized carbons (Fsp3) is 0.846. The highest BCUT2D eigenvalue weighted by atomic mass is 16.4. The van der Waals surface area contributed by atoms with E-state index in [4.69, 9.17) is 5.11 Å². The quantitative estimate of drug-likeness (QED) is 0.692. The van der Waals surface area contributed by atoms with Gasteiger partial charge in [0.2, 0.25) is 5.91 Å². The van der Waals surface area contributed by atoms with Crippen molar-refractivity contribution in [2.45, 2.75) is 44.6 Å². The smallest absolute Gasteiger partial charge is 0.306 e. The lowest BCUT2D eigenvalue weighted by Gasteiger charge is -2.17. The van der Waals surface area contributed by atoms with Crippen molar-refractivity contribution in [1.82, 2.24) is 5.32 Å². The summed E-state index contributed by atoms with van der Waals surface area (Å²) in [6.45, 7) is 0.522. The minimum atomic E-state index is -0.795. The van der Waals surface area contributed by atoms with Gasteiger partial charge >= 0.3 is 5.97 Å². The Morgan fingerprint density at radius 3 is 2.39 bits per heavy atom. The van der Waals surface area contributed by atoms with Crippen LogP contribution in [-0.2, 0) is 9.59 Å². The van der Waals surface area contributed by atoms with Gasteiger partial charge in [0.15, 0.2) is 0 Å². The standard InChI is InChI=1S/C13H21NO4/c15-11-3-1-2-10(11)7-14-12(16)8-4-5-9(6-8)13(17)18/h8-11,15H,1-7H2,(H,14,16)(H,17,18)/t8-,9+,10?,11?/m1/s1. The van der Waals surface area contributed by atoms with Gasteiger partial charge in [-0.2, -0.15) is 0 Å². The molecule has 0 aromatic carbocycles. The van der Waals surface area contributed by atoms with Crippen LogP contribution >= 0.6 is 0 Å². The van der Waals surface area contributed by atoms with Crippen LogP contribution in [0.25, 0.3) is 0 Å². The lowest BCUT2D eigenvalue weighted by Crippen LogP contribution is -2.35. The highest BCUT2D eigenvalue weighted by Crippen LogP contribution is 2.31. The van der Waals surface area contributed by atoms with Crippen LogP contribution in [0.1, 0.15) is 38.5 Å². The number of carbonyl (C=O) groups is 2. The van der Waals surface area contributed by atoms with Gasteiger partial charge in [0, 0.05) is 18.4 Å². The molecular formula is C13H21NO4. The second-order valence-corrected chi connectivity index (χ2v) is 5.55. The minimum Gasteiger partial charge on any atom is -0.481 e. The number of hydrogen-bond acceptors (Lipinski definition) is 3. The minimum absolute atomic E-state index is 0.0437. The van der Waals surface area contributed by atoms with Crippen LogP contribution in [0.2, 0.25) is 0 Å². The molecule has 0 spiro atoms. The van der Waals surface area contributed by atoms with Crippen molar-refractivity contribution in [1.29, 1.82) is 0 Å². The lowest BCUT2D eigenvalue weighted by atomic mass is 10.0. The van der Waals surface area contributed by atoms with E-state index in [0.29, 0.717) is 25.8 Å². The third kappa shape index (κ3) is 3.02. The summed E-state index contributed by atoms with van der Waals surface area (Å²) in [7, 11) is 0. The maximum atomic E-state index is 11.9. The van der Waals surface area contributed by atoms with Gasteiger partial charge in [0.05, 0.1) is 12.0 Å². The highest BCUT2D eigenvalue weighted by Gasteiger charge is 2.34. The fourth-order valence-corrected chi connectivity index (χ4v) is 3.08. The zero-order valence-electron chi connectivity index (χ0n) is 10.5. The van der Waals surface area contributed by atoms with Gasteiger partial charge < -0.3 is 15.5 Å². The number of aliphatic hydroxyl groups is 1. The van der Waals surface area contributed by atoms with E-state index >= 15 is 0 Å². The molecule has 0 saturated heterocycles. The molecule has 1 amide bonds. The van der Waals surface area contributed by atoms with Crippen molar-refractivity contribution in [3.8, 4) is 0 Å². The second-order valence-electron chi connectivity index (χ2n) is 5.55. The molecule has 2 rings (SSSR count). The molecule has 2 saturated carbocycles. The summed E-state index contributed by atoms with van der Waals surface area (Å²) in [5.41, 5.74) is 0. The zero-order chi connectivity index (χ0) is 13.1. The largest absolute Gasteiger partial charge is 0.481 e. The summed E-state index contributed by atoms with van der Waals surface area (Å²) in [4.78, 5) is 22.7. The molecule has 2 unspecified atom stereocenters. The normalized spacial score (nSPS) is 35.6. The average Bonchev–Trinajstić information content (AvgIpc) is 2.94. The summed E-state index contributed by atoms with van der Waals surface area (Å²) in [6, 6.07) is 0. The van der Waals surface area contributed by atoms with Gasteiger partial charge in [0.25, 0.3) is 0 Å². The van der Waals surface area contributed by atoms with Crippen LogP contribution < -0.4 is 5.32 Å². The number of aliphatic carboxylic acids is 1. The van der Waals surface area contributed by atoms with E-state index in [0.717, 1.165) is 19.3 Å². The molecule has 102 valence electrons. The molecule has 0 aromatic heterocycles. The molecule has 5 nitrogen and oxygen atoms in total. The Morgan fingerprint density at radius 1 is 1.11 bits per heavy atom. The van der Waals surface area contributed by atoms with E-state index in [-0.39, 0.29) is 29.8 Å². The number of carboxylic acids is 1. The van der Waals surface area contributed by atoms with Crippen molar-refractivity contribution in [3.63, 3.8) is 0 Å². The molecule has 0 bridgehead atoms. The van der Waals surface area contributed by atoms with Crippen LogP contribution in [0.4, 0.5) is 0 Å². The molecule has 4 atom stereocenters. The monoisotopic (exact) mass is 255 g/mol. The molecule has 0 aliphatic heterocycles. The van der Waals surface area contributed by atoms with E-state index in [1.54, 1.807) is 0 Å². The van der Waals surface area contributed by atoms with Crippen LogP contribution in [0.15, 0.2) is 0 Å². The second kappa shape index (κ2) is 5.69. The van der Waals surface area contributed by atoms with Crippen molar-refractivity contribution < 1.29 is 19.8 Å². The third-order valence-corrected chi connectivity index (χ3v) is 4.31. The molecule has 2 fully saturated rings. The Hall–Kier alpha value is -1.10. The van der Waals surface area contributed by atoms with E-state index in [1.165, 1.54) is 0 Å². The predicted molar refractivity (Wildman–Crippen MR) is 64.8 cm³/mol. The van der Waals surface area contributed by atoms with E-state index in [1.807, 2.05) is 0 Å². The first kappa shape index (κ1) is 13.3. The molecule has 18 heavy (non-hydrogen) atoms. The SMILES string of the molecule is O=C(O)[C@H]1CC[C@@H](C(=O)NCC2CCCC2O)C1. The number of carbonyl (C=O) groups excluding carboxylic acids is 1. The van der Waals surface area contributed by atoms with Crippen molar-refractivity contribution in [2.24, 2.45) is 17.8 Å². The number of carboxylic acid groups (broad SMARTS) is 1. The molecule has 0 aromatic rings. The van der Waals surface area contributed by atoms with Crippen molar-refractivity contribution in [3.05, 3.63) is 0 Å². The predicted octanol–water partition coefficient (Wildman–Crippen LogP) is 0.764. The van der Waals surface area contributed by atoms with Gasteiger partial charge in [0.1, 0.15) is 0 Å². The Kier molecular flexibility index (Phi) is 4.22. The van der Waals surface area contributed by atoms with Crippen molar-refractivity contribution >= 4 is 11.9 Å². The third-order valence-electron chi connectivity index (χ3n) is 4.31. The first-order valence-electron chi connectivity index (χ1n) is 6.76. The number of amides is 1. The zero-order valence-corrected chi connectivity index (χ0v) is 10.5. The Labute approximate surface area is 107 Å². The Balaban J connectivity index is 1.74. The van der Waals surface area contributed by atoms with Gasteiger partial charge in [-0.05, 0) is 32.1 Å². The van der Waals surface area contributed by atoms with Crippen LogP contribution in [-0.4, -0.2) is 34.7 Å². The Morgan fingerprint density at radius 2 is 1.83 bits per heavy atom.